The number of benzene rings is 1. The van der Waals surface area contributed by atoms with Gasteiger partial charge in [-0.2, -0.15) is 0 Å². The highest BCUT2D eigenvalue weighted by Gasteiger charge is 2.33. The Morgan fingerprint density at radius 2 is 2.19 bits per heavy atom. The van der Waals surface area contributed by atoms with Gasteiger partial charge in [-0.05, 0) is 42.7 Å². The SMILES string of the molecule is Nc1ccc(C(=O)N(Cc2cccnc2)C2CC2)cc1F. The van der Waals surface area contributed by atoms with Crippen molar-refractivity contribution in [1.29, 1.82) is 0 Å². The van der Waals surface area contributed by atoms with Crippen LogP contribution in [0.15, 0.2) is 42.7 Å². The van der Waals surface area contributed by atoms with E-state index in [2.05, 4.69) is 4.98 Å². The van der Waals surface area contributed by atoms with Crippen LogP contribution in [0, 0.1) is 5.82 Å². The van der Waals surface area contributed by atoms with Gasteiger partial charge in [-0.1, -0.05) is 6.07 Å². The average molecular weight is 285 g/mol. The van der Waals surface area contributed by atoms with Crippen LogP contribution in [-0.2, 0) is 6.54 Å². The van der Waals surface area contributed by atoms with E-state index >= 15 is 0 Å². The minimum absolute atomic E-state index is 0.0526. The Hall–Kier alpha value is -2.43. The van der Waals surface area contributed by atoms with Gasteiger partial charge in [0.1, 0.15) is 5.82 Å². The summed E-state index contributed by atoms with van der Waals surface area (Å²) in [5, 5.41) is 0. The highest BCUT2D eigenvalue weighted by molar-refractivity contribution is 5.95. The van der Waals surface area contributed by atoms with Crippen LogP contribution in [0.25, 0.3) is 0 Å². The van der Waals surface area contributed by atoms with Crippen molar-refractivity contribution in [1.82, 2.24) is 9.88 Å². The lowest BCUT2D eigenvalue weighted by Crippen LogP contribution is -2.32. The van der Waals surface area contributed by atoms with Crippen LogP contribution >= 0.6 is 0 Å². The number of hydrogen-bond donors (Lipinski definition) is 1. The van der Waals surface area contributed by atoms with Gasteiger partial charge in [-0.3, -0.25) is 9.78 Å². The van der Waals surface area contributed by atoms with Gasteiger partial charge >= 0.3 is 0 Å². The molecule has 2 N–H and O–H groups in total. The Labute approximate surface area is 122 Å². The van der Waals surface area contributed by atoms with Crippen molar-refractivity contribution >= 4 is 11.6 Å². The molecule has 0 aliphatic heterocycles. The van der Waals surface area contributed by atoms with Gasteiger partial charge in [0.15, 0.2) is 0 Å². The predicted octanol–water partition coefficient (Wildman–Crippen LogP) is 2.61. The van der Waals surface area contributed by atoms with Gasteiger partial charge in [0.25, 0.3) is 5.91 Å². The molecule has 4 nitrogen and oxygen atoms in total. The molecule has 0 atom stereocenters. The van der Waals surface area contributed by atoms with Gasteiger partial charge in [-0.15, -0.1) is 0 Å². The summed E-state index contributed by atoms with van der Waals surface area (Å²) >= 11 is 0. The maximum absolute atomic E-state index is 13.5. The van der Waals surface area contributed by atoms with Gasteiger partial charge in [0, 0.05) is 30.5 Å². The van der Waals surface area contributed by atoms with E-state index in [1.54, 1.807) is 23.4 Å². The van der Waals surface area contributed by atoms with Crippen molar-refractivity contribution in [2.45, 2.75) is 25.4 Å². The molecule has 1 aromatic carbocycles. The Morgan fingerprint density at radius 1 is 1.38 bits per heavy atom. The monoisotopic (exact) mass is 285 g/mol. The van der Waals surface area contributed by atoms with Crippen molar-refractivity contribution in [3.05, 3.63) is 59.7 Å². The van der Waals surface area contributed by atoms with Crippen molar-refractivity contribution in [3.63, 3.8) is 0 Å². The van der Waals surface area contributed by atoms with Crippen LogP contribution in [0.2, 0.25) is 0 Å². The summed E-state index contributed by atoms with van der Waals surface area (Å²) in [6.07, 6.45) is 5.42. The van der Waals surface area contributed by atoms with E-state index in [-0.39, 0.29) is 17.6 Å². The number of nitrogens with zero attached hydrogens (tertiary/aromatic N) is 2. The molecule has 1 aromatic heterocycles. The number of carbonyl (C=O) groups is 1. The molecule has 21 heavy (non-hydrogen) atoms. The van der Waals surface area contributed by atoms with E-state index in [1.165, 1.54) is 12.1 Å². The number of carbonyl (C=O) groups excluding carboxylic acids is 1. The van der Waals surface area contributed by atoms with Gasteiger partial charge in [-0.25, -0.2) is 4.39 Å². The molecule has 0 unspecified atom stereocenters. The second-order valence-electron chi connectivity index (χ2n) is 5.26. The molecular formula is C16H16FN3O. The lowest BCUT2D eigenvalue weighted by molar-refractivity contribution is 0.0729. The predicted molar refractivity (Wildman–Crippen MR) is 77.9 cm³/mol. The first-order valence-corrected chi connectivity index (χ1v) is 6.90. The number of nitrogen functional groups attached to an aromatic ring is 1. The minimum atomic E-state index is -0.557. The Kier molecular flexibility index (Phi) is 3.56. The zero-order chi connectivity index (χ0) is 14.8. The summed E-state index contributed by atoms with van der Waals surface area (Å²) in [5.74, 6) is -0.724. The first kappa shape index (κ1) is 13.5. The van der Waals surface area contributed by atoms with E-state index in [9.17, 15) is 9.18 Å². The highest BCUT2D eigenvalue weighted by atomic mass is 19.1. The Balaban J connectivity index is 1.83. The maximum Gasteiger partial charge on any atom is 0.254 e. The van der Waals surface area contributed by atoms with E-state index in [0.29, 0.717) is 12.1 Å². The molecular weight excluding hydrogens is 269 g/mol. The van der Waals surface area contributed by atoms with Crippen molar-refractivity contribution in [3.8, 4) is 0 Å². The summed E-state index contributed by atoms with van der Waals surface area (Å²) < 4.78 is 13.5. The normalized spacial score (nSPS) is 14.0. The molecule has 1 aliphatic rings. The molecule has 1 saturated carbocycles. The summed E-state index contributed by atoms with van der Waals surface area (Å²) in [6.45, 7) is 0.489. The third-order valence-electron chi connectivity index (χ3n) is 3.57. The average Bonchev–Trinajstić information content (AvgIpc) is 3.33. The molecule has 0 spiro atoms. The Bertz CT molecular complexity index is 656. The lowest BCUT2D eigenvalue weighted by atomic mass is 10.1. The third kappa shape index (κ3) is 3.02. The zero-order valence-corrected chi connectivity index (χ0v) is 11.5. The van der Waals surface area contributed by atoms with Crippen LogP contribution in [0.4, 0.5) is 10.1 Å². The second kappa shape index (κ2) is 5.52. The molecule has 1 amide bonds. The van der Waals surface area contributed by atoms with Crippen LogP contribution in [0.5, 0.6) is 0 Å². The molecule has 1 fully saturated rings. The fourth-order valence-electron chi connectivity index (χ4n) is 2.27. The van der Waals surface area contributed by atoms with Gasteiger partial charge in [0.05, 0.1) is 5.69 Å². The molecule has 0 bridgehead atoms. The summed E-state index contributed by atoms with van der Waals surface area (Å²) in [5.41, 5.74) is 6.80. The van der Waals surface area contributed by atoms with Crippen LogP contribution in [0.1, 0.15) is 28.8 Å². The van der Waals surface area contributed by atoms with Crippen LogP contribution < -0.4 is 5.73 Å². The topological polar surface area (TPSA) is 59.2 Å². The van der Waals surface area contributed by atoms with Crippen LogP contribution in [0.3, 0.4) is 0 Å². The molecule has 2 aromatic rings. The standard InChI is InChI=1S/C16H16FN3O/c17-14-8-12(3-6-15(14)18)16(21)20(13-4-5-13)10-11-2-1-7-19-9-11/h1-3,6-9,13H,4-5,10,18H2. The van der Waals surface area contributed by atoms with E-state index in [1.807, 2.05) is 12.1 Å². The number of rotatable bonds is 4. The third-order valence-corrected chi connectivity index (χ3v) is 3.57. The number of hydrogen-bond acceptors (Lipinski definition) is 3. The Morgan fingerprint density at radius 3 is 2.81 bits per heavy atom. The second-order valence-corrected chi connectivity index (χ2v) is 5.26. The maximum atomic E-state index is 13.5. The lowest BCUT2D eigenvalue weighted by Gasteiger charge is -2.22. The van der Waals surface area contributed by atoms with E-state index in [4.69, 9.17) is 5.73 Å². The molecule has 3 rings (SSSR count). The number of anilines is 1. The number of aromatic nitrogens is 1. The molecule has 5 heteroatoms. The number of amides is 1. The molecule has 1 heterocycles. The quantitative estimate of drug-likeness (QED) is 0.878. The van der Waals surface area contributed by atoms with E-state index in [0.717, 1.165) is 18.4 Å². The summed E-state index contributed by atoms with van der Waals surface area (Å²) in [6, 6.07) is 8.21. The fourth-order valence-corrected chi connectivity index (χ4v) is 2.27. The molecule has 0 saturated heterocycles. The smallest absolute Gasteiger partial charge is 0.254 e. The number of nitrogens with two attached hydrogens (primary N) is 1. The fraction of sp³-hybridized carbons (Fsp3) is 0.250. The van der Waals surface area contributed by atoms with E-state index < -0.39 is 5.82 Å². The summed E-state index contributed by atoms with van der Waals surface area (Å²) in [7, 11) is 0. The molecule has 0 radical (unpaired) electrons. The zero-order valence-electron chi connectivity index (χ0n) is 11.5. The number of pyridine rings is 1. The minimum Gasteiger partial charge on any atom is -0.396 e. The summed E-state index contributed by atoms with van der Waals surface area (Å²) in [4.78, 5) is 18.4. The largest absolute Gasteiger partial charge is 0.396 e. The number of halogens is 1. The first-order valence-electron chi connectivity index (χ1n) is 6.90. The van der Waals surface area contributed by atoms with Crippen molar-refractivity contribution < 1.29 is 9.18 Å². The van der Waals surface area contributed by atoms with Gasteiger partial charge in [0.2, 0.25) is 0 Å². The van der Waals surface area contributed by atoms with Crippen molar-refractivity contribution in [2.75, 3.05) is 5.73 Å². The molecule has 108 valence electrons. The highest BCUT2D eigenvalue weighted by Crippen LogP contribution is 2.30. The van der Waals surface area contributed by atoms with Crippen LogP contribution in [-0.4, -0.2) is 21.8 Å². The molecule has 1 aliphatic carbocycles. The van der Waals surface area contributed by atoms with Crippen molar-refractivity contribution in [2.24, 2.45) is 0 Å². The van der Waals surface area contributed by atoms with Gasteiger partial charge < -0.3 is 10.6 Å². The first-order chi connectivity index (χ1) is 10.1.